The van der Waals surface area contributed by atoms with Gasteiger partial charge in [0.2, 0.25) is 0 Å². The van der Waals surface area contributed by atoms with Gasteiger partial charge in [0.15, 0.2) is 5.78 Å². The van der Waals surface area contributed by atoms with E-state index in [0.717, 1.165) is 70.4 Å². The van der Waals surface area contributed by atoms with Crippen molar-refractivity contribution in [2.75, 3.05) is 0 Å². The molecule has 289 valence electrons. The Hall–Kier alpha value is -3.57. The number of benzene rings is 3. The summed E-state index contributed by atoms with van der Waals surface area (Å²) in [6, 6.07) is 27.5. The van der Waals surface area contributed by atoms with Crippen LogP contribution in [0.15, 0.2) is 89.2 Å². The maximum Gasteiger partial charge on any atom is 0.164 e. The van der Waals surface area contributed by atoms with Crippen molar-refractivity contribution in [1.82, 2.24) is 4.98 Å². The third kappa shape index (κ3) is 9.27. The van der Waals surface area contributed by atoms with E-state index in [0.29, 0.717) is 5.92 Å². The molecule has 0 atom stereocenters. The summed E-state index contributed by atoms with van der Waals surface area (Å²) in [7, 11) is 0. The van der Waals surface area contributed by atoms with Crippen LogP contribution in [-0.2, 0) is 36.7 Å². The first-order valence-corrected chi connectivity index (χ1v) is 20.2. The predicted octanol–water partition coefficient (Wildman–Crippen LogP) is 14.5. The first kappa shape index (κ1) is 43.2. The second-order valence-electron chi connectivity index (χ2n) is 16.6. The Morgan fingerprint density at radius 1 is 0.870 bits per heavy atom. The largest absolute Gasteiger partial charge is 0.512 e. The summed E-state index contributed by atoms with van der Waals surface area (Å²) >= 11 is 1.74. The molecule has 6 heteroatoms. The molecule has 0 spiro atoms. The Kier molecular flexibility index (Phi) is 14.0. The van der Waals surface area contributed by atoms with Crippen molar-refractivity contribution >= 4 is 48.9 Å². The molecule has 0 aliphatic heterocycles. The number of carbonyl (C=O) groups is 1. The molecule has 0 bridgehead atoms. The number of allylic oxidation sites excluding steroid dienone is 2. The average molecular weight is 921 g/mol. The molecule has 6 aromatic rings. The third-order valence-electron chi connectivity index (χ3n) is 11.3. The van der Waals surface area contributed by atoms with E-state index in [2.05, 4.69) is 107 Å². The number of ketones is 1. The van der Waals surface area contributed by atoms with Gasteiger partial charge in [-0.25, -0.2) is 0 Å². The van der Waals surface area contributed by atoms with Gasteiger partial charge in [0.25, 0.3) is 0 Å². The fraction of sp³-hybridized carbons (Fsp3) is 0.417. The molecule has 0 aliphatic rings. The van der Waals surface area contributed by atoms with Crippen LogP contribution in [0, 0.1) is 22.8 Å². The number of fused-ring (bicyclic) bond motifs is 3. The van der Waals surface area contributed by atoms with E-state index >= 15 is 0 Å². The van der Waals surface area contributed by atoms with E-state index in [-0.39, 0.29) is 47.9 Å². The van der Waals surface area contributed by atoms with Crippen molar-refractivity contribution < 1.29 is 34.4 Å². The van der Waals surface area contributed by atoms with Crippen molar-refractivity contribution in [2.45, 2.75) is 114 Å². The molecule has 4 nitrogen and oxygen atoms in total. The number of pyridine rings is 1. The van der Waals surface area contributed by atoms with Crippen LogP contribution in [0.5, 0.6) is 0 Å². The summed E-state index contributed by atoms with van der Waals surface area (Å²) in [5, 5.41) is 14.9. The van der Waals surface area contributed by atoms with E-state index in [1.165, 1.54) is 32.7 Å². The number of thiophene rings is 1. The third-order valence-corrected chi connectivity index (χ3v) is 12.5. The number of aliphatic hydroxyl groups excluding tert-OH is 1. The molecule has 1 N–H and O–H groups in total. The minimum atomic E-state index is -0.337. The van der Waals surface area contributed by atoms with Crippen LogP contribution >= 0.6 is 11.3 Å². The van der Waals surface area contributed by atoms with E-state index in [9.17, 15) is 9.90 Å². The summed E-state index contributed by atoms with van der Waals surface area (Å²) in [5.41, 5.74) is 5.04. The predicted molar refractivity (Wildman–Crippen MR) is 227 cm³/mol. The zero-order valence-electron chi connectivity index (χ0n) is 34.1. The number of rotatable bonds is 11. The number of aliphatic hydroxyl groups is 1. The molecule has 0 fully saturated rings. The summed E-state index contributed by atoms with van der Waals surface area (Å²) in [5.74, 6) is 1.83. The average Bonchev–Trinajstić information content (AvgIpc) is 3.77. The van der Waals surface area contributed by atoms with Crippen LogP contribution in [0.3, 0.4) is 0 Å². The van der Waals surface area contributed by atoms with Crippen LogP contribution in [0.4, 0.5) is 0 Å². The number of nitrogens with zero attached hydrogens (tertiary/aromatic N) is 1. The maximum atomic E-state index is 12.2. The molecule has 3 aromatic heterocycles. The van der Waals surface area contributed by atoms with Gasteiger partial charge < -0.3 is 9.52 Å². The molecular weight excluding hydrogens is 863 g/mol. The first-order valence-electron chi connectivity index (χ1n) is 19.4. The number of furan rings is 1. The number of aromatic nitrogens is 1. The minimum absolute atomic E-state index is 0. The second-order valence-corrected chi connectivity index (χ2v) is 17.6. The molecule has 1 radical (unpaired) electrons. The zero-order valence-corrected chi connectivity index (χ0v) is 37.3. The van der Waals surface area contributed by atoms with Gasteiger partial charge >= 0.3 is 0 Å². The molecule has 3 aromatic carbocycles. The molecule has 0 unspecified atom stereocenters. The van der Waals surface area contributed by atoms with Gasteiger partial charge in [-0.2, -0.15) is 0 Å². The van der Waals surface area contributed by atoms with Gasteiger partial charge in [0.05, 0.1) is 4.88 Å². The smallest absolute Gasteiger partial charge is 0.164 e. The number of hydrogen-bond donors (Lipinski definition) is 1. The molecule has 54 heavy (non-hydrogen) atoms. The van der Waals surface area contributed by atoms with Gasteiger partial charge in [-0.05, 0) is 84.7 Å². The SMILES string of the molecule is CC(C)Cc1ccc2oc(-c3cc4ccnc(-c5[c-]c6ccccc6c(C(C)(C)C)c5)c4s3)cc2c1.CCC(C)(CC)C(=O)/C=C(\O)C(C)(CC)CC.[Ir]. The van der Waals surface area contributed by atoms with Gasteiger partial charge in [-0.1, -0.05) is 111 Å². The Bertz CT molecular complexity index is 2240. The van der Waals surface area contributed by atoms with Gasteiger partial charge in [-0.15, -0.1) is 40.5 Å². The van der Waals surface area contributed by atoms with Crippen LogP contribution < -0.4 is 0 Å². The Morgan fingerprint density at radius 3 is 2.17 bits per heavy atom. The van der Waals surface area contributed by atoms with Crippen molar-refractivity contribution in [3.63, 3.8) is 0 Å². The molecule has 0 saturated heterocycles. The molecular formula is C48H58IrNO3S-. The van der Waals surface area contributed by atoms with Crippen LogP contribution in [0.2, 0.25) is 0 Å². The first-order chi connectivity index (χ1) is 25.0. The minimum Gasteiger partial charge on any atom is -0.512 e. The van der Waals surface area contributed by atoms with Crippen LogP contribution in [0.25, 0.3) is 53.7 Å². The maximum absolute atomic E-state index is 12.2. The van der Waals surface area contributed by atoms with Crippen molar-refractivity contribution in [1.29, 1.82) is 0 Å². The summed E-state index contributed by atoms with van der Waals surface area (Å²) in [4.78, 5) is 18.1. The Morgan fingerprint density at radius 2 is 1.54 bits per heavy atom. The van der Waals surface area contributed by atoms with E-state index in [1.807, 2.05) is 47.7 Å². The fourth-order valence-corrected chi connectivity index (χ4v) is 7.86. The summed E-state index contributed by atoms with van der Waals surface area (Å²) in [6.07, 6.45) is 7.74. The van der Waals surface area contributed by atoms with E-state index < -0.39 is 0 Å². The van der Waals surface area contributed by atoms with Gasteiger partial charge in [-0.3, -0.25) is 9.78 Å². The standard InChI is InChI=1S/C33H30NOS.C15H28O2.Ir/c1-20(2)14-21-10-11-28-24(15-21)18-29(35-28)30-19-23-12-13-34-31(32(23)36-30)25-16-22-8-6-7-9-26(22)27(17-25)33(3,4)5;1-7-14(5,8-2)12(16)11-13(17)15(6,9-3)10-4;/h6-13,15,17-20H,14H2,1-5H3;11,16H,7-10H2,1-6H3;/q-1;;/b;12-11-;. The Balaban J connectivity index is 0.000000309. The zero-order chi connectivity index (χ0) is 38.7. The second kappa shape index (κ2) is 17.5. The van der Waals surface area contributed by atoms with Crippen molar-refractivity contribution in [3.8, 4) is 21.9 Å². The van der Waals surface area contributed by atoms with E-state index in [1.54, 1.807) is 11.3 Å². The summed E-state index contributed by atoms with van der Waals surface area (Å²) < 4.78 is 7.46. The van der Waals surface area contributed by atoms with Crippen LogP contribution in [0.1, 0.15) is 113 Å². The van der Waals surface area contributed by atoms with Gasteiger partial charge in [0, 0.05) is 59.0 Å². The molecule has 0 saturated carbocycles. The monoisotopic (exact) mass is 921 g/mol. The van der Waals surface area contributed by atoms with Crippen molar-refractivity contribution in [3.05, 3.63) is 102 Å². The quantitative estimate of drug-likeness (QED) is 0.0799. The number of hydrogen-bond acceptors (Lipinski definition) is 5. The molecule has 6 rings (SSSR count). The van der Waals surface area contributed by atoms with E-state index in [4.69, 9.17) is 9.40 Å². The summed E-state index contributed by atoms with van der Waals surface area (Å²) in [6.45, 7) is 23.4. The molecule has 0 aliphatic carbocycles. The number of carbonyl (C=O) groups excluding carboxylic acids is 1. The van der Waals surface area contributed by atoms with Gasteiger partial charge in [0.1, 0.15) is 17.1 Å². The normalized spacial score (nSPS) is 12.6. The fourth-order valence-electron chi connectivity index (χ4n) is 6.75. The topological polar surface area (TPSA) is 63.3 Å². The van der Waals surface area contributed by atoms with Crippen LogP contribution in [-0.4, -0.2) is 15.9 Å². The Labute approximate surface area is 340 Å². The molecule has 0 amide bonds. The molecule has 3 heterocycles. The van der Waals surface area contributed by atoms with Crippen molar-refractivity contribution in [2.24, 2.45) is 16.7 Å².